The van der Waals surface area contributed by atoms with Crippen molar-refractivity contribution in [1.29, 1.82) is 0 Å². The number of benzene rings is 1. The lowest BCUT2D eigenvalue weighted by atomic mass is 10.1. The first-order chi connectivity index (χ1) is 6.86. The summed E-state index contributed by atoms with van der Waals surface area (Å²) in [5.41, 5.74) is 6.52. The van der Waals surface area contributed by atoms with Crippen LogP contribution >= 0.6 is 0 Å². The molecule has 0 radical (unpaired) electrons. The highest BCUT2D eigenvalue weighted by atomic mass is 16.7. The number of rotatable bonds is 3. The minimum Gasteiger partial charge on any atom is -0.496 e. The molecule has 0 unspecified atom stereocenters. The fourth-order valence-electron chi connectivity index (χ4n) is 1.58. The van der Waals surface area contributed by atoms with Crippen LogP contribution in [0.2, 0.25) is 0 Å². The van der Waals surface area contributed by atoms with Gasteiger partial charge < -0.3 is 19.9 Å². The predicted octanol–water partition coefficient (Wildman–Crippen LogP) is 0.925. The normalized spacial score (nSPS) is 13.0. The summed E-state index contributed by atoms with van der Waals surface area (Å²) >= 11 is 0. The SMILES string of the molecule is COc1ccc2c(c1CCN)OCO2. The molecule has 1 aliphatic rings. The molecule has 0 aliphatic carbocycles. The predicted molar refractivity (Wildman–Crippen MR) is 51.9 cm³/mol. The Kier molecular flexibility index (Phi) is 2.45. The Morgan fingerprint density at radius 2 is 2.29 bits per heavy atom. The number of hydrogen-bond donors (Lipinski definition) is 1. The Morgan fingerprint density at radius 1 is 1.43 bits per heavy atom. The molecule has 0 saturated heterocycles. The van der Waals surface area contributed by atoms with Crippen LogP contribution in [0.25, 0.3) is 0 Å². The van der Waals surface area contributed by atoms with E-state index in [1.165, 1.54) is 0 Å². The van der Waals surface area contributed by atoms with E-state index in [1.54, 1.807) is 7.11 Å². The molecular weight excluding hydrogens is 182 g/mol. The van der Waals surface area contributed by atoms with E-state index in [-0.39, 0.29) is 6.79 Å². The fraction of sp³-hybridized carbons (Fsp3) is 0.400. The number of fused-ring (bicyclic) bond motifs is 1. The average molecular weight is 195 g/mol. The van der Waals surface area contributed by atoms with Gasteiger partial charge in [-0.05, 0) is 25.1 Å². The molecule has 0 saturated carbocycles. The lowest BCUT2D eigenvalue weighted by molar-refractivity contribution is 0.173. The van der Waals surface area contributed by atoms with Crippen molar-refractivity contribution < 1.29 is 14.2 Å². The largest absolute Gasteiger partial charge is 0.496 e. The van der Waals surface area contributed by atoms with Crippen LogP contribution in [0.1, 0.15) is 5.56 Å². The van der Waals surface area contributed by atoms with Gasteiger partial charge in [0, 0.05) is 5.56 Å². The van der Waals surface area contributed by atoms with Crippen molar-refractivity contribution in [3.8, 4) is 17.2 Å². The molecule has 0 bridgehead atoms. The zero-order valence-electron chi connectivity index (χ0n) is 8.08. The molecule has 14 heavy (non-hydrogen) atoms. The molecule has 1 aromatic carbocycles. The van der Waals surface area contributed by atoms with E-state index in [2.05, 4.69) is 0 Å². The molecule has 1 heterocycles. The number of ether oxygens (including phenoxy) is 3. The standard InChI is InChI=1S/C10H13NO3/c1-12-8-2-3-9-10(14-6-13-9)7(8)4-5-11/h2-3H,4-6,11H2,1H3. The molecule has 1 aliphatic heterocycles. The Hall–Kier alpha value is -1.42. The van der Waals surface area contributed by atoms with Crippen LogP contribution in [-0.2, 0) is 6.42 Å². The topological polar surface area (TPSA) is 53.7 Å². The quantitative estimate of drug-likeness (QED) is 0.779. The van der Waals surface area contributed by atoms with Crippen molar-refractivity contribution >= 4 is 0 Å². The molecule has 4 nitrogen and oxygen atoms in total. The molecule has 0 amide bonds. The van der Waals surface area contributed by atoms with Crippen LogP contribution in [0.5, 0.6) is 17.2 Å². The zero-order chi connectivity index (χ0) is 9.97. The minimum absolute atomic E-state index is 0.278. The van der Waals surface area contributed by atoms with Gasteiger partial charge in [-0.15, -0.1) is 0 Å². The fourth-order valence-corrected chi connectivity index (χ4v) is 1.58. The van der Waals surface area contributed by atoms with E-state index in [0.29, 0.717) is 6.54 Å². The lowest BCUT2D eigenvalue weighted by Crippen LogP contribution is -2.05. The first-order valence-corrected chi connectivity index (χ1v) is 4.52. The van der Waals surface area contributed by atoms with Crippen molar-refractivity contribution in [2.24, 2.45) is 5.73 Å². The molecule has 2 rings (SSSR count). The third kappa shape index (κ3) is 1.37. The van der Waals surface area contributed by atoms with E-state index in [4.69, 9.17) is 19.9 Å². The molecule has 2 N–H and O–H groups in total. The van der Waals surface area contributed by atoms with Crippen LogP contribution in [0.15, 0.2) is 12.1 Å². The second-order valence-corrected chi connectivity index (χ2v) is 3.02. The van der Waals surface area contributed by atoms with Crippen LogP contribution in [-0.4, -0.2) is 20.4 Å². The molecule has 0 atom stereocenters. The summed E-state index contributed by atoms with van der Waals surface area (Å²) in [6, 6.07) is 3.72. The van der Waals surface area contributed by atoms with Gasteiger partial charge in [0.05, 0.1) is 7.11 Å². The Bertz CT molecular complexity index is 338. The van der Waals surface area contributed by atoms with Crippen molar-refractivity contribution in [3.05, 3.63) is 17.7 Å². The monoisotopic (exact) mass is 195 g/mol. The maximum atomic E-state index is 5.53. The summed E-state index contributed by atoms with van der Waals surface area (Å²) < 4.78 is 15.9. The summed E-state index contributed by atoms with van der Waals surface area (Å²) in [6.07, 6.45) is 0.732. The van der Waals surface area contributed by atoms with Gasteiger partial charge in [-0.1, -0.05) is 0 Å². The van der Waals surface area contributed by atoms with Gasteiger partial charge >= 0.3 is 0 Å². The molecule has 1 aromatic rings. The number of methoxy groups -OCH3 is 1. The summed E-state index contributed by atoms with van der Waals surface area (Å²) in [6.45, 7) is 0.843. The van der Waals surface area contributed by atoms with Crippen LogP contribution < -0.4 is 19.9 Å². The second kappa shape index (κ2) is 3.75. The smallest absolute Gasteiger partial charge is 0.231 e. The maximum absolute atomic E-state index is 5.53. The van der Waals surface area contributed by atoms with E-state index < -0.39 is 0 Å². The van der Waals surface area contributed by atoms with Crippen molar-refractivity contribution in [3.63, 3.8) is 0 Å². The van der Waals surface area contributed by atoms with Gasteiger partial charge in [0.15, 0.2) is 11.5 Å². The number of hydrogen-bond acceptors (Lipinski definition) is 4. The van der Waals surface area contributed by atoms with Crippen molar-refractivity contribution in [2.45, 2.75) is 6.42 Å². The van der Waals surface area contributed by atoms with Crippen LogP contribution in [0.3, 0.4) is 0 Å². The van der Waals surface area contributed by atoms with Gasteiger partial charge in [0.25, 0.3) is 0 Å². The first kappa shape index (κ1) is 9.15. The van der Waals surface area contributed by atoms with E-state index in [9.17, 15) is 0 Å². The summed E-state index contributed by atoms with van der Waals surface area (Å²) in [7, 11) is 1.64. The van der Waals surface area contributed by atoms with Gasteiger partial charge in [-0.3, -0.25) is 0 Å². The van der Waals surface area contributed by atoms with Gasteiger partial charge in [0.1, 0.15) is 5.75 Å². The highest BCUT2D eigenvalue weighted by molar-refractivity contribution is 5.55. The highest BCUT2D eigenvalue weighted by Gasteiger charge is 2.20. The lowest BCUT2D eigenvalue weighted by Gasteiger charge is -2.09. The summed E-state index contributed by atoms with van der Waals surface area (Å²) in [4.78, 5) is 0. The Balaban J connectivity index is 2.45. The van der Waals surface area contributed by atoms with E-state index in [0.717, 1.165) is 29.2 Å². The van der Waals surface area contributed by atoms with Crippen molar-refractivity contribution in [1.82, 2.24) is 0 Å². The third-order valence-corrected chi connectivity index (χ3v) is 2.21. The van der Waals surface area contributed by atoms with Crippen LogP contribution in [0, 0.1) is 0 Å². The highest BCUT2D eigenvalue weighted by Crippen LogP contribution is 2.40. The summed E-state index contributed by atoms with van der Waals surface area (Å²) in [5, 5.41) is 0. The maximum Gasteiger partial charge on any atom is 0.231 e. The van der Waals surface area contributed by atoms with Gasteiger partial charge in [0.2, 0.25) is 6.79 Å². The molecule has 0 fully saturated rings. The van der Waals surface area contributed by atoms with E-state index >= 15 is 0 Å². The molecule has 76 valence electrons. The first-order valence-electron chi connectivity index (χ1n) is 4.52. The zero-order valence-corrected chi connectivity index (χ0v) is 8.08. The van der Waals surface area contributed by atoms with Crippen molar-refractivity contribution in [2.75, 3.05) is 20.4 Å². The number of nitrogens with two attached hydrogens (primary N) is 1. The molecule has 4 heteroatoms. The van der Waals surface area contributed by atoms with Crippen LogP contribution in [0.4, 0.5) is 0 Å². The summed E-state index contributed by atoms with van der Waals surface area (Å²) in [5.74, 6) is 2.35. The Morgan fingerprint density at radius 3 is 3.00 bits per heavy atom. The van der Waals surface area contributed by atoms with Gasteiger partial charge in [-0.25, -0.2) is 0 Å². The van der Waals surface area contributed by atoms with Gasteiger partial charge in [-0.2, -0.15) is 0 Å². The molecular formula is C10H13NO3. The third-order valence-electron chi connectivity index (χ3n) is 2.21. The average Bonchev–Trinajstić information content (AvgIpc) is 2.67. The Labute approximate surface area is 82.6 Å². The molecule has 0 aromatic heterocycles. The minimum atomic E-state index is 0.278. The van der Waals surface area contributed by atoms with E-state index in [1.807, 2.05) is 12.1 Å². The second-order valence-electron chi connectivity index (χ2n) is 3.02. The molecule has 0 spiro atoms.